The van der Waals surface area contributed by atoms with Crippen molar-refractivity contribution in [2.75, 3.05) is 10.2 Å². The highest BCUT2D eigenvalue weighted by molar-refractivity contribution is 9.10. The van der Waals surface area contributed by atoms with E-state index < -0.39 is 23.0 Å². The summed E-state index contributed by atoms with van der Waals surface area (Å²) in [7, 11) is 0. The van der Waals surface area contributed by atoms with Gasteiger partial charge in [0.2, 0.25) is 17.7 Å². The lowest BCUT2D eigenvalue weighted by molar-refractivity contribution is -0.122. The maximum Gasteiger partial charge on any atom is 0.308 e. The van der Waals surface area contributed by atoms with Crippen LogP contribution in [-0.4, -0.2) is 32.6 Å². The fourth-order valence-corrected chi connectivity index (χ4v) is 7.78. The number of aromatic hydroxyl groups is 1. The third kappa shape index (κ3) is 4.18. The predicted octanol–water partition coefficient (Wildman–Crippen LogP) is 4.41. The van der Waals surface area contributed by atoms with Crippen LogP contribution >= 0.6 is 39.0 Å². The molecule has 192 valence electrons. The number of benzene rings is 2. The fraction of sp³-hybridized carbons (Fsp3) is 0.154. The van der Waals surface area contributed by atoms with Crippen molar-refractivity contribution in [2.45, 2.75) is 22.7 Å². The minimum absolute atomic E-state index is 0.0639. The van der Waals surface area contributed by atoms with Gasteiger partial charge in [0, 0.05) is 10.2 Å². The molecule has 0 aliphatic carbocycles. The van der Waals surface area contributed by atoms with E-state index in [4.69, 9.17) is 4.42 Å². The Hall–Kier alpha value is -3.61. The van der Waals surface area contributed by atoms with Crippen LogP contribution in [0, 0.1) is 5.92 Å². The first kappa shape index (κ1) is 24.7. The molecule has 2 aromatic heterocycles. The highest BCUT2D eigenvalue weighted by Crippen LogP contribution is 2.53. The van der Waals surface area contributed by atoms with E-state index in [0.717, 1.165) is 27.6 Å². The first-order chi connectivity index (χ1) is 18.3. The van der Waals surface area contributed by atoms with Crippen LogP contribution in [-0.2, 0) is 20.9 Å². The summed E-state index contributed by atoms with van der Waals surface area (Å²) in [6.07, 6.45) is 1.49. The Bertz CT molecular complexity index is 1610. The van der Waals surface area contributed by atoms with Gasteiger partial charge in [0.15, 0.2) is 0 Å². The number of hydrogen-bond acceptors (Lipinski definition) is 8. The van der Waals surface area contributed by atoms with Gasteiger partial charge in [-0.05, 0) is 60.7 Å². The largest absolute Gasteiger partial charge is 0.508 e. The van der Waals surface area contributed by atoms with Crippen LogP contribution in [0.3, 0.4) is 0 Å². The number of fused-ring (bicyclic) bond motifs is 2. The normalized spacial score (nSPS) is 20.3. The molecule has 3 atom stereocenters. The van der Waals surface area contributed by atoms with Gasteiger partial charge in [-0.15, -0.1) is 0 Å². The second kappa shape index (κ2) is 9.61. The average molecular weight is 612 g/mol. The molecule has 6 rings (SSSR count). The van der Waals surface area contributed by atoms with Crippen molar-refractivity contribution in [2.24, 2.45) is 5.92 Å². The summed E-state index contributed by atoms with van der Waals surface area (Å²) in [5.74, 6) is -2.07. The number of anilines is 2. The molecular weight excluding hydrogens is 594 g/mol. The van der Waals surface area contributed by atoms with Gasteiger partial charge < -0.3 is 14.8 Å². The van der Waals surface area contributed by atoms with Crippen LogP contribution in [0.2, 0.25) is 0 Å². The first-order valence-electron chi connectivity index (χ1n) is 11.5. The number of carbonyl (C=O) groups excluding carboxylic acids is 3. The van der Waals surface area contributed by atoms with Crippen LogP contribution in [0.5, 0.6) is 5.75 Å². The molecule has 2 aromatic carbocycles. The highest BCUT2D eigenvalue weighted by Gasteiger charge is 2.57. The summed E-state index contributed by atoms with van der Waals surface area (Å²) in [6, 6.07) is 16.3. The van der Waals surface area contributed by atoms with Crippen molar-refractivity contribution < 1.29 is 23.9 Å². The molecule has 0 radical (unpaired) electrons. The van der Waals surface area contributed by atoms with Crippen LogP contribution in [0.4, 0.5) is 11.4 Å². The van der Waals surface area contributed by atoms with Gasteiger partial charge in [0.05, 0.1) is 33.7 Å². The van der Waals surface area contributed by atoms with Crippen molar-refractivity contribution in [1.29, 1.82) is 0 Å². The maximum absolute atomic E-state index is 13.7. The summed E-state index contributed by atoms with van der Waals surface area (Å²) >= 11 is 5.46. The molecule has 0 spiro atoms. The van der Waals surface area contributed by atoms with Crippen LogP contribution in [0.15, 0.2) is 85.6 Å². The van der Waals surface area contributed by atoms with Gasteiger partial charge in [-0.3, -0.25) is 23.7 Å². The molecule has 1 fully saturated rings. The second-order valence-electron chi connectivity index (χ2n) is 8.76. The molecule has 2 N–H and O–H groups in total. The van der Waals surface area contributed by atoms with Gasteiger partial charge >= 0.3 is 4.87 Å². The number of thioether (sulfide) groups is 1. The minimum Gasteiger partial charge on any atom is -0.508 e. The molecule has 12 heteroatoms. The molecule has 1 saturated heterocycles. The summed E-state index contributed by atoms with van der Waals surface area (Å²) in [6.45, 7) is -0.278. The number of rotatable bonds is 5. The molecule has 0 saturated carbocycles. The number of carbonyl (C=O) groups is 3. The third-order valence-electron chi connectivity index (χ3n) is 6.44. The van der Waals surface area contributed by atoms with Gasteiger partial charge in [-0.2, -0.15) is 0 Å². The number of nitrogens with zero attached hydrogens (tertiary/aromatic N) is 2. The Morgan fingerprint density at radius 3 is 2.45 bits per heavy atom. The Kier molecular flexibility index (Phi) is 6.25. The topological polar surface area (TPSA) is 122 Å². The van der Waals surface area contributed by atoms with Gasteiger partial charge in [-0.1, -0.05) is 39.0 Å². The van der Waals surface area contributed by atoms with Gasteiger partial charge in [0.25, 0.3) is 0 Å². The Labute approximate surface area is 232 Å². The number of hydrogen-bond donors (Lipinski definition) is 2. The molecule has 38 heavy (non-hydrogen) atoms. The highest BCUT2D eigenvalue weighted by atomic mass is 79.9. The monoisotopic (exact) mass is 611 g/mol. The minimum atomic E-state index is -0.797. The summed E-state index contributed by atoms with van der Waals surface area (Å²) in [5, 5.41) is 11.9. The standard InChI is InChI=1S/C26H18BrN3O6S2/c27-13-3-7-15(8-4-13)30-23(33)20-19(17-2-1-11-36-17)22-25(37-21(20)24(30)34)29(26(35)38-22)12-18(32)28-14-5-9-16(31)10-6-14/h1-11,19-21,31H,12H2,(H,28,32)/t19-,20?,21?/m1/s1. The van der Waals surface area contributed by atoms with E-state index in [1.165, 1.54) is 27.9 Å². The summed E-state index contributed by atoms with van der Waals surface area (Å²) < 4.78 is 7.85. The lowest BCUT2D eigenvalue weighted by Gasteiger charge is -2.29. The number of thiazole rings is 1. The van der Waals surface area contributed by atoms with Gasteiger partial charge in [0.1, 0.15) is 23.3 Å². The number of phenols is 1. The van der Waals surface area contributed by atoms with E-state index >= 15 is 0 Å². The number of imide groups is 1. The number of phenolic OH excluding ortho intramolecular Hbond substituents is 1. The molecular formula is C26H18BrN3O6S2. The zero-order chi connectivity index (χ0) is 26.6. The molecule has 2 aliphatic rings. The molecule has 9 nitrogen and oxygen atoms in total. The van der Waals surface area contributed by atoms with E-state index in [1.54, 1.807) is 48.5 Å². The number of aromatic nitrogens is 1. The number of halogens is 1. The summed E-state index contributed by atoms with van der Waals surface area (Å²) in [4.78, 5) is 54.7. The Balaban J connectivity index is 1.38. The lowest BCUT2D eigenvalue weighted by atomic mass is 9.87. The van der Waals surface area contributed by atoms with Crippen LogP contribution < -0.4 is 15.1 Å². The Morgan fingerprint density at radius 2 is 1.76 bits per heavy atom. The molecule has 4 aromatic rings. The number of amides is 3. The van der Waals surface area contributed by atoms with Crippen molar-refractivity contribution in [1.82, 2.24) is 4.57 Å². The van der Waals surface area contributed by atoms with Crippen molar-refractivity contribution in [3.8, 4) is 5.75 Å². The number of furan rings is 1. The van der Waals surface area contributed by atoms with E-state index in [1.807, 2.05) is 0 Å². The molecule has 4 heterocycles. The second-order valence-corrected chi connectivity index (χ2v) is 11.8. The van der Waals surface area contributed by atoms with Crippen molar-refractivity contribution >= 4 is 68.1 Å². The van der Waals surface area contributed by atoms with Crippen molar-refractivity contribution in [3.05, 3.63) is 91.7 Å². The third-order valence-corrected chi connectivity index (χ3v) is 9.57. The Morgan fingerprint density at radius 1 is 1.03 bits per heavy atom. The van der Waals surface area contributed by atoms with E-state index in [9.17, 15) is 24.3 Å². The average Bonchev–Trinajstić information content (AvgIpc) is 3.59. The fourth-order valence-electron chi connectivity index (χ4n) is 4.76. The maximum atomic E-state index is 13.7. The lowest BCUT2D eigenvalue weighted by Crippen LogP contribution is -2.32. The zero-order valence-electron chi connectivity index (χ0n) is 19.4. The number of nitrogens with one attached hydrogen (secondary N) is 1. The molecule has 0 bridgehead atoms. The van der Waals surface area contributed by atoms with Crippen molar-refractivity contribution in [3.63, 3.8) is 0 Å². The molecule has 2 unspecified atom stereocenters. The predicted molar refractivity (Wildman–Crippen MR) is 146 cm³/mol. The van der Waals surface area contributed by atoms with E-state index in [2.05, 4.69) is 21.2 Å². The SMILES string of the molecule is O=C(Cn1c2c(sc1=O)[C@H](c1ccco1)C1C(=O)N(c3ccc(Br)cc3)C(=O)C1S2)Nc1ccc(O)cc1. The quantitative estimate of drug-likeness (QED) is 0.253. The van der Waals surface area contributed by atoms with E-state index in [0.29, 0.717) is 27.0 Å². The smallest absolute Gasteiger partial charge is 0.308 e. The van der Waals surface area contributed by atoms with Crippen LogP contribution in [0.1, 0.15) is 16.6 Å². The van der Waals surface area contributed by atoms with Crippen LogP contribution in [0.25, 0.3) is 0 Å². The van der Waals surface area contributed by atoms with Gasteiger partial charge in [-0.25, -0.2) is 4.90 Å². The molecule has 3 amide bonds. The summed E-state index contributed by atoms with van der Waals surface area (Å²) in [5.41, 5.74) is 0.929. The van der Waals surface area contributed by atoms with E-state index in [-0.39, 0.29) is 29.0 Å². The first-order valence-corrected chi connectivity index (χ1v) is 14.0. The molecule has 2 aliphatic heterocycles. The zero-order valence-corrected chi connectivity index (χ0v) is 22.6.